The van der Waals surface area contributed by atoms with Crippen molar-refractivity contribution < 1.29 is 9.53 Å². The van der Waals surface area contributed by atoms with E-state index >= 15 is 0 Å². The number of rotatable bonds is 5. The maximum absolute atomic E-state index is 11.7. The number of Topliss-reactive ketones (excluding diaryl/α,β-unsaturated/α-hetero) is 1. The van der Waals surface area contributed by atoms with E-state index in [0.717, 1.165) is 32.8 Å². The zero-order valence-electron chi connectivity index (χ0n) is 14.9. The number of thiophene rings is 1. The quantitative estimate of drug-likeness (QED) is 0.479. The van der Waals surface area contributed by atoms with Gasteiger partial charge >= 0.3 is 0 Å². The normalized spacial score (nSPS) is 10.7. The number of ketones is 1. The molecule has 0 saturated carbocycles. The van der Waals surface area contributed by atoms with E-state index in [1.54, 1.807) is 37.8 Å². The number of benzene rings is 2. The summed E-state index contributed by atoms with van der Waals surface area (Å²) in [4.78, 5) is 21.4. The Morgan fingerprint density at radius 1 is 1.11 bits per heavy atom. The van der Waals surface area contributed by atoms with E-state index in [9.17, 15) is 4.79 Å². The summed E-state index contributed by atoms with van der Waals surface area (Å²) < 4.78 is 5.25. The predicted molar refractivity (Wildman–Crippen MR) is 109 cm³/mol. The highest BCUT2D eigenvalue weighted by Crippen LogP contribution is 2.37. The fraction of sp³-hybridized carbons (Fsp3) is 0.0952. The largest absolute Gasteiger partial charge is 0.497 e. The molecule has 4 aromatic rings. The molecule has 0 fully saturated rings. The summed E-state index contributed by atoms with van der Waals surface area (Å²) in [6.45, 7) is 1.56. The highest BCUT2D eigenvalue weighted by atomic mass is 32.1. The van der Waals surface area contributed by atoms with E-state index in [-0.39, 0.29) is 5.78 Å². The highest BCUT2D eigenvalue weighted by molar-refractivity contribution is 7.17. The molecular weight excluding hydrogens is 358 g/mol. The molecule has 0 saturated heterocycles. The van der Waals surface area contributed by atoms with Gasteiger partial charge in [0.1, 0.15) is 22.7 Å². The monoisotopic (exact) mass is 375 g/mol. The molecule has 5 nitrogen and oxygen atoms in total. The lowest BCUT2D eigenvalue weighted by molar-refractivity contribution is 0.101. The summed E-state index contributed by atoms with van der Waals surface area (Å²) in [6, 6.07) is 15.3. The molecule has 2 aromatic carbocycles. The first-order chi connectivity index (χ1) is 13.2. The zero-order chi connectivity index (χ0) is 18.8. The van der Waals surface area contributed by atoms with Crippen LogP contribution in [0.5, 0.6) is 5.75 Å². The number of fused-ring (bicyclic) bond motifs is 1. The molecule has 1 N–H and O–H groups in total. The maximum atomic E-state index is 11.7. The molecule has 2 aromatic heterocycles. The van der Waals surface area contributed by atoms with Crippen molar-refractivity contribution in [2.24, 2.45) is 0 Å². The Bertz CT molecular complexity index is 1120. The molecule has 134 valence electrons. The molecular formula is C21H17N3O2S. The van der Waals surface area contributed by atoms with E-state index in [4.69, 9.17) is 4.74 Å². The van der Waals surface area contributed by atoms with Gasteiger partial charge in [0.25, 0.3) is 0 Å². The smallest absolute Gasteiger partial charge is 0.159 e. The summed E-state index contributed by atoms with van der Waals surface area (Å²) in [5.41, 5.74) is 3.60. The minimum absolute atomic E-state index is 0.0286. The summed E-state index contributed by atoms with van der Waals surface area (Å²) in [7, 11) is 1.65. The zero-order valence-corrected chi connectivity index (χ0v) is 15.7. The van der Waals surface area contributed by atoms with Gasteiger partial charge in [-0.15, -0.1) is 11.3 Å². The van der Waals surface area contributed by atoms with Gasteiger partial charge in [-0.2, -0.15) is 0 Å². The number of nitrogens with zero attached hydrogens (tertiary/aromatic N) is 2. The van der Waals surface area contributed by atoms with Gasteiger partial charge in [-0.1, -0.05) is 24.3 Å². The van der Waals surface area contributed by atoms with Crippen LogP contribution < -0.4 is 10.1 Å². The third-order valence-corrected chi connectivity index (χ3v) is 5.19. The second kappa shape index (κ2) is 7.17. The summed E-state index contributed by atoms with van der Waals surface area (Å²) in [5, 5.41) is 6.38. The fourth-order valence-electron chi connectivity index (χ4n) is 2.91. The van der Waals surface area contributed by atoms with E-state index in [1.165, 1.54) is 0 Å². The van der Waals surface area contributed by atoms with Crippen molar-refractivity contribution in [3.63, 3.8) is 0 Å². The average Bonchev–Trinajstić information content (AvgIpc) is 3.13. The minimum atomic E-state index is 0.0286. The number of methoxy groups -OCH3 is 1. The fourth-order valence-corrected chi connectivity index (χ4v) is 3.82. The standard InChI is InChI=1S/C21H17N3O2S/c1-13(25)15-4-3-5-16(10-15)24-20-19-18(11-27-21(19)23-12-22-20)14-6-8-17(26-2)9-7-14/h3-12H,1-2H3,(H,22,23,24). The Morgan fingerprint density at radius 3 is 2.67 bits per heavy atom. The highest BCUT2D eigenvalue weighted by Gasteiger charge is 2.14. The lowest BCUT2D eigenvalue weighted by atomic mass is 10.1. The predicted octanol–water partition coefficient (Wildman–Crippen LogP) is 5.31. The second-order valence-electron chi connectivity index (χ2n) is 6.04. The number of carbonyl (C=O) groups excluding carboxylic acids is 1. The Hall–Kier alpha value is -3.25. The third kappa shape index (κ3) is 3.39. The summed E-state index contributed by atoms with van der Waals surface area (Å²) >= 11 is 1.58. The van der Waals surface area contributed by atoms with Crippen molar-refractivity contribution in [3.05, 3.63) is 65.8 Å². The molecule has 0 amide bonds. The van der Waals surface area contributed by atoms with Crippen LogP contribution >= 0.6 is 11.3 Å². The first-order valence-corrected chi connectivity index (χ1v) is 9.28. The molecule has 2 heterocycles. The summed E-state index contributed by atoms with van der Waals surface area (Å²) in [5.74, 6) is 1.56. The first kappa shape index (κ1) is 17.2. The number of carbonyl (C=O) groups is 1. The third-order valence-electron chi connectivity index (χ3n) is 4.30. The Balaban J connectivity index is 1.78. The molecule has 0 aliphatic heterocycles. The van der Waals surface area contributed by atoms with Crippen LogP contribution in [0.4, 0.5) is 11.5 Å². The van der Waals surface area contributed by atoms with Crippen molar-refractivity contribution in [2.75, 3.05) is 12.4 Å². The molecule has 0 radical (unpaired) electrons. The Labute approximate surface area is 160 Å². The maximum Gasteiger partial charge on any atom is 0.159 e. The van der Waals surface area contributed by atoms with Crippen molar-refractivity contribution in [3.8, 4) is 16.9 Å². The van der Waals surface area contributed by atoms with Gasteiger partial charge in [0.15, 0.2) is 5.78 Å². The molecule has 0 spiro atoms. The van der Waals surface area contributed by atoms with Crippen molar-refractivity contribution in [1.29, 1.82) is 0 Å². The van der Waals surface area contributed by atoms with Crippen LogP contribution in [-0.4, -0.2) is 22.9 Å². The number of anilines is 2. The van der Waals surface area contributed by atoms with Gasteiger partial charge in [-0.25, -0.2) is 9.97 Å². The van der Waals surface area contributed by atoms with Gasteiger partial charge in [0.2, 0.25) is 0 Å². The van der Waals surface area contributed by atoms with Crippen LogP contribution in [0.25, 0.3) is 21.3 Å². The number of ether oxygens (including phenoxy) is 1. The van der Waals surface area contributed by atoms with Crippen LogP contribution in [0, 0.1) is 0 Å². The van der Waals surface area contributed by atoms with Crippen LogP contribution in [0.15, 0.2) is 60.2 Å². The average molecular weight is 375 g/mol. The summed E-state index contributed by atoms with van der Waals surface area (Å²) in [6.07, 6.45) is 1.55. The van der Waals surface area contributed by atoms with E-state index in [2.05, 4.69) is 20.7 Å². The number of hydrogen-bond acceptors (Lipinski definition) is 6. The molecule has 4 rings (SSSR count). The molecule has 0 aliphatic carbocycles. The molecule has 0 bridgehead atoms. The van der Waals surface area contributed by atoms with Crippen LogP contribution in [0.1, 0.15) is 17.3 Å². The van der Waals surface area contributed by atoms with Gasteiger partial charge in [-0.3, -0.25) is 4.79 Å². The van der Waals surface area contributed by atoms with Crippen LogP contribution in [0.2, 0.25) is 0 Å². The molecule has 0 atom stereocenters. The number of aromatic nitrogens is 2. The first-order valence-electron chi connectivity index (χ1n) is 8.40. The molecule has 6 heteroatoms. The Kier molecular flexibility index (Phi) is 4.56. The SMILES string of the molecule is COc1ccc(-c2csc3ncnc(Nc4cccc(C(C)=O)c4)c23)cc1. The molecule has 27 heavy (non-hydrogen) atoms. The van der Waals surface area contributed by atoms with Gasteiger partial charge in [-0.05, 0) is 36.8 Å². The minimum Gasteiger partial charge on any atom is -0.497 e. The molecule has 0 aliphatic rings. The molecule has 0 unspecified atom stereocenters. The van der Waals surface area contributed by atoms with Crippen molar-refractivity contribution >= 4 is 38.8 Å². The van der Waals surface area contributed by atoms with Gasteiger partial charge in [0, 0.05) is 22.2 Å². The van der Waals surface area contributed by atoms with Crippen LogP contribution in [-0.2, 0) is 0 Å². The van der Waals surface area contributed by atoms with Gasteiger partial charge in [0.05, 0.1) is 12.5 Å². The van der Waals surface area contributed by atoms with Crippen LogP contribution in [0.3, 0.4) is 0 Å². The van der Waals surface area contributed by atoms with E-state index < -0.39 is 0 Å². The number of nitrogens with one attached hydrogen (secondary N) is 1. The Morgan fingerprint density at radius 2 is 1.93 bits per heavy atom. The van der Waals surface area contributed by atoms with E-state index in [1.807, 2.05) is 42.5 Å². The number of hydrogen-bond donors (Lipinski definition) is 1. The lowest BCUT2D eigenvalue weighted by Gasteiger charge is -2.09. The topological polar surface area (TPSA) is 64.1 Å². The van der Waals surface area contributed by atoms with E-state index in [0.29, 0.717) is 11.4 Å². The lowest BCUT2D eigenvalue weighted by Crippen LogP contribution is -1.98. The van der Waals surface area contributed by atoms with Crippen molar-refractivity contribution in [1.82, 2.24) is 9.97 Å². The van der Waals surface area contributed by atoms with Crippen molar-refractivity contribution in [2.45, 2.75) is 6.92 Å². The van der Waals surface area contributed by atoms with Gasteiger partial charge < -0.3 is 10.1 Å². The second-order valence-corrected chi connectivity index (χ2v) is 6.90.